The van der Waals surface area contributed by atoms with Gasteiger partial charge in [0.25, 0.3) is 5.71 Å². The van der Waals surface area contributed by atoms with Crippen LogP contribution in [0.25, 0.3) is 22.4 Å². The number of hydrogen-bond donors (Lipinski definition) is 0. The Hall–Kier alpha value is -2.57. The Labute approximate surface area is 137 Å². The van der Waals surface area contributed by atoms with Crippen LogP contribution >= 0.6 is 0 Å². The van der Waals surface area contributed by atoms with Crippen LogP contribution in [0.3, 0.4) is 0 Å². The number of halogens is 2. The van der Waals surface area contributed by atoms with Crippen molar-refractivity contribution in [3.8, 4) is 11.3 Å². The van der Waals surface area contributed by atoms with Gasteiger partial charge in [0.1, 0.15) is 34.9 Å². The molecule has 1 fully saturated rings. The lowest BCUT2D eigenvalue weighted by atomic mass is 10.1. The van der Waals surface area contributed by atoms with Crippen LogP contribution in [0.15, 0.2) is 29.0 Å². The van der Waals surface area contributed by atoms with Gasteiger partial charge in [0.2, 0.25) is 0 Å². The van der Waals surface area contributed by atoms with E-state index in [1.807, 2.05) is 0 Å². The SMILES string of the molecule is Fc1cc(F)cc(-c2noc3ncnc(N4CCCCCC4)c23)c1. The van der Waals surface area contributed by atoms with Gasteiger partial charge in [-0.05, 0) is 25.0 Å². The van der Waals surface area contributed by atoms with Gasteiger partial charge in [-0.25, -0.2) is 13.8 Å². The lowest BCUT2D eigenvalue weighted by Gasteiger charge is -2.21. The molecule has 124 valence electrons. The van der Waals surface area contributed by atoms with E-state index in [4.69, 9.17) is 4.52 Å². The molecule has 0 saturated carbocycles. The molecule has 0 N–H and O–H groups in total. The molecule has 0 spiro atoms. The van der Waals surface area contributed by atoms with Crippen molar-refractivity contribution in [2.45, 2.75) is 25.7 Å². The summed E-state index contributed by atoms with van der Waals surface area (Å²) < 4.78 is 32.5. The van der Waals surface area contributed by atoms with Gasteiger partial charge in [0.05, 0.1) is 0 Å². The molecule has 0 aliphatic carbocycles. The van der Waals surface area contributed by atoms with Crippen molar-refractivity contribution >= 4 is 16.9 Å². The van der Waals surface area contributed by atoms with E-state index in [0.29, 0.717) is 28.2 Å². The summed E-state index contributed by atoms with van der Waals surface area (Å²) in [6, 6.07) is 3.30. The Bertz CT molecular complexity index is 852. The second-order valence-corrected chi connectivity index (χ2v) is 5.97. The van der Waals surface area contributed by atoms with Crippen LogP contribution in [-0.4, -0.2) is 28.2 Å². The van der Waals surface area contributed by atoms with Gasteiger partial charge in [-0.2, -0.15) is 4.98 Å². The maximum Gasteiger partial charge on any atom is 0.263 e. The number of nitrogens with zero attached hydrogens (tertiary/aromatic N) is 4. The molecule has 0 bridgehead atoms. The fourth-order valence-electron chi connectivity index (χ4n) is 3.18. The van der Waals surface area contributed by atoms with Crippen molar-refractivity contribution in [1.29, 1.82) is 0 Å². The monoisotopic (exact) mass is 330 g/mol. The average Bonchev–Trinajstić information content (AvgIpc) is 2.81. The summed E-state index contributed by atoms with van der Waals surface area (Å²) in [7, 11) is 0. The Kier molecular flexibility index (Phi) is 3.84. The molecule has 0 radical (unpaired) electrons. The largest absolute Gasteiger partial charge is 0.356 e. The third-order valence-electron chi connectivity index (χ3n) is 4.29. The molecule has 4 rings (SSSR count). The minimum atomic E-state index is -0.658. The molecule has 3 heterocycles. The van der Waals surface area contributed by atoms with Crippen LogP contribution in [0.1, 0.15) is 25.7 Å². The quantitative estimate of drug-likeness (QED) is 0.712. The number of benzene rings is 1. The van der Waals surface area contributed by atoms with Crippen molar-refractivity contribution in [3.63, 3.8) is 0 Å². The molecule has 3 aromatic rings. The minimum absolute atomic E-state index is 0.317. The van der Waals surface area contributed by atoms with E-state index in [0.717, 1.165) is 32.0 Å². The summed E-state index contributed by atoms with van der Waals surface area (Å²) >= 11 is 0. The van der Waals surface area contributed by atoms with Gasteiger partial charge in [-0.3, -0.25) is 0 Å². The Morgan fingerprint density at radius 3 is 2.33 bits per heavy atom. The number of anilines is 1. The average molecular weight is 330 g/mol. The van der Waals surface area contributed by atoms with Gasteiger partial charge in [0, 0.05) is 24.7 Å². The first kappa shape index (κ1) is 15.0. The molecule has 7 heteroatoms. The highest BCUT2D eigenvalue weighted by Gasteiger charge is 2.22. The Morgan fingerprint density at radius 2 is 1.62 bits per heavy atom. The van der Waals surface area contributed by atoms with Crippen molar-refractivity contribution < 1.29 is 13.3 Å². The van der Waals surface area contributed by atoms with Gasteiger partial charge < -0.3 is 9.42 Å². The van der Waals surface area contributed by atoms with Gasteiger partial charge in [-0.15, -0.1) is 0 Å². The molecule has 0 unspecified atom stereocenters. The first-order valence-corrected chi connectivity index (χ1v) is 8.04. The summed E-state index contributed by atoms with van der Waals surface area (Å²) in [5.74, 6) is -0.605. The lowest BCUT2D eigenvalue weighted by Crippen LogP contribution is -2.25. The molecule has 1 aliphatic heterocycles. The molecule has 0 amide bonds. The topological polar surface area (TPSA) is 55.1 Å². The van der Waals surface area contributed by atoms with Crippen molar-refractivity contribution in [1.82, 2.24) is 15.1 Å². The van der Waals surface area contributed by atoms with E-state index in [1.54, 1.807) is 0 Å². The minimum Gasteiger partial charge on any atom is -0.356 e. The smallest absolute Gasteiger partial charge is 0.263 e. The fourth-order valence-corrected chi connectivity index (χ4v) is 3.18. The second-order valence-electron chi connectivity index (χ2n) is 5.97. The molecule has 1 saturated heterocycles. The highest BCUT2D eigenvalue weighted by atomic mass is 19.1. The number of fused-ring (bicyclic) bond motifs is 1. The maximum absolute atomic E-state index is 13.6. The highest BCUT2D eigenvalue weighted by molar-refractivity contribution is 5.97. The van der Waals surface area contributed by atoms with E-state index in [9.17, 15) is 8.78 Å². The lowest BCUT2D eigenvalue weighted by molar-refractivity contribution is 0.451. The molecule has 24 heavy (non-hydrogen) atoms. The first-order chi connectivity index (χ1) is 11.7. The first-order valence-electron chi connectivity index (χ1n) is 8.04. The van der Waals surface area contributed by atoms with Crippen LogP contribution in [0.2, 0.25) is 0 Å². The van der Waals surface area contributed by atoms with E-state index >= 15 is 0 Å². The van der Waals surface area contributed by atoms with E-state index < -0.39 is 11.6 Å². The molecular formula is C17H16F2N4O. The predicted octanol–water partition coefficient (Wildman–Crippen LogP) is 3.94. The third-order valence-corrected chi connectivity index (χ3v) is 4.29. The molecular weight excluding hydrogens is 314 g/mol. The molecule has 2 aromatic heterocycles. The van der Waals surface area contributed by atoms with E-state index in [1.165, 1.54) is 31.3 Å². The molecule has 5 nitrogen and oxygen atoms in total. The molecule has 0 atom stereocenters. The van der Waals surface area contributed by atoms with E-state index in [-0.39, 0.29) is 0 Å². The van der Waals surface area contributed by atoms with Crippen LogP contribution in [-0.2, 0) is 0 Å². The third kappa shape index (κ3) is 2.70. The summed E-state index contributed by atoms with van der Waals surface area (Å²) in [5, 5.41) is 4.59. The normalized spacial score (nSPS) is 15.7. The van der Waals surface area contributed by atoms with Crippen molar-refractivity contribution in [3.05, 3.63) is 36.2 Å². The summed E-state index contributed by atoms with van der Waals surface area (Å²) in [4.78, 5) is 10.7. The van der Waals surface area contributed by atoms with Crippen LogP contribution < -0.4 is 4.90 Å². The van der Waals surface area contributed by atoms with Crippen molar-refractivity contribution in [2.24, 2.45) is 0 Å². The number of rotatable bonds is 2. The van der Waals surface area contributed by atoms with E-state index in [2.05, 4.69) is 20.0 Å². The Morgan fingerprint density at radius 1 is 0.917 bits per heavy atom. The second kappa shape index (κ2) is 6.14. The number of aromatic nitrogens is 3. The fraction of sp³-hybridized carbons (Fsp3) is 0.353. The zero-order valence-corrected chi connectivity index (χ0v) is 13.0. The van der Waals surface area contributed by atoms with Gasteiger partial charge in [-0.1, -0.05) is 18.0 Å². The highest BCUT2D eigenvalue weighted by Crippen LogP contribution is 2.34. The molecule has 1 aliphatic rings. The zero-order chi connectivity index (χ0) is 16.5. The Balaban J connectivity index is 1.88. The standard InChI is InChI=1S/C17H16F2N4O/c18-12-7-11(8-13(19)9-12)15-14-16(20-10-21-17(14)24-22-15)23-5-3-1-2-4-6-23/h7-10H,1-6H2. The summed E-state index contributed by atoms with van der Waals surface area (Å²) in [6.45, 7) is 1.77. The molecule has 1 aromatic carbocycles. The number of hydrogen-bond acceptors (Lipinski definition) is 5. The summed E-state index contributed by atoms with van der Waals surface area (Å²) in [6.07, 6.45) is 5.98. The van der Waals surface area contributed by atoms with Crippen LogP contribution in [0.4, 0.5) is 14.6 Å². The van der Waals surface area contributed by atoms with Gasteiger partial charge >= 0.3 is 0 Å². The van der Waals surface area contributed by atoms with Crippen molar-refractivity contribution in [2.75, 3.05) is 18.0 Å². The van der Waals surface area contributed by atoms with Crippen LogP contribution in [0, 0.1) is 11.6 Å². The van der Waals surface area contributed by atoms with Gasteiger partial charge in [0.15, 0.2) is 0 Å². The van der Waals surface area contributed by atoms with Crippen LogP contribution in [0.5, 0.6) is 0 Å². The summed E-state index contributed by atoms with van der Waals surface area (Å²) in [5.41, 5.74) is 1.00. The predicted molar refractivity (Wildman–Crippen MR) is 85.6 cm³/mol. The zero-order valence-electron chi connectivity index (χ0n) is 13.0. The maximum atomic E-state index is 13.6.